The molecule has 27 heavy (non-hydrogen) atoms. The van der Waals surface area contributed by atoms with Gasteiger partial charge in [0.25, 0.3) is 0 Å². The van der Waals surface area contributed by atoms with Gasteiger partial charge < -0.3 is 0 Å². The summed E-state index contributed by atoms with van der Waals surface area (Å²) in [5.74, 6) is 0.0213. The summed E-state index contributed by atoms with van der Waals surface area (Å²) in [6, 6.07) is 14.0. The van der Waals surface area contributed by atoms with Crippen molar-refractivity contribution in [1.29, 1.82) is 0 Å². The van der Waals surface area contributed by atoms with Crippen LogP contribution in [0.1, 0.15) is 11.6 Å². The van der Waals surface area contributed by atoms with E-state index >= 15 is 0 Å². The number of aromatic nitrogens is 3. The first-order chi connectivity index (χ1) is 12.6. The molecule has 2 heterocycles. The fraction of sp³-hybridized carbons (Fsp3) is 0.118. The van der Waals surface area contributed by atoms with E-state index in [9.17, 15) is 0 Å². The van der Waals surface area contributed by atoms with Gasteiger partial charge in [-0.3, -0.25) is 0 Å². The zero-order valence-electron chi connectivity index (χ0n) is 13.1. The van der Waals surface area contributed by atoms with Crippen LogP contribution < -0.4 is 0 Å². The van der Waals surface area contributed by atoms with E-state index in [1.807, 2.05) is 30.3 Å². The molecule has 4 rings (SSSR count). The predicted molar refractivity (Wildman–Crippen MR) is 117 cm³/mol. The van der Waals surface area contributed by atoms with Gasteiger partial charge in [-0.1, -0.05) is 87.8 Å². The Morgan fingerprint density at radius 3 is 1.89 bits per heavy atom. The molecule has 0 aliphatic heterocycles. The molecule has 0 unspecified atom stereocenters. The summed E-state index contributed by atoms with van der Waals surface area (Å²) in [5, 5.41) is 2.20. The molecule has 0 N–H and O–H groups in total. The molecule has 10 heteroatoms. The average molecular weight is 498 g/mol. The van der Waals surface area contributed by atoms with Crippen LogP contribution in [0.25, 0.3) is 31.6 Å². The minimum atomic E-state index is -1.89. The van der Waals surface area contributed by atoms with Crippen molar-refractivity contribution in [3.05, 3.63) is 54.1 Å². The van der Waals surface area contributed by atoms with Gasteiger partial charge in [-0.25, -0.2) is 15.0 Å². The van der Waals surface area contributed by atoms with Gasteiger partial charge in [0, 0.05) is 25.7 Å². The number of thiophene rings is 1. The lowest BCUT2D eigenvalue weighted by Gasteiger charge is -2.15. The molecule has 0 aliphatic carbocycles. The zero-order chi connectivity index (χ0) is 19.4. The van der Waals surface area contributed by atoms with Crippen molar-refractivity contribution >= 4 is 101 Å². The number of fused-ring (bicyclic) bond motifs is 3. The predicted octanol–water partition coefficient (Wildman–Crippen LogP) is 7.56. The van der Waals surface area contributed by atoms with E-state index in [1.54, 1.807) is 11.3 Å². The Labute approximate surface area is 188 Å². The second-order valence-electron chi connectivity index (χ2n) is 5.61. The minimum absolute atomic E-state index is 0.117. The van der Waals surface area contributed by atoms with Gasteiger partial charge in [-0.15, -0.1) is 11.3 Å². The first kappa shape index (κ1) is 19.7. The van der Waals surface area contributed by atoms with Gasteiger partial charge in [0.1, 0.15) is 0 Å². The second kappa shape index (κ2) is 7.03. The lowest BCUT2D eigenvalue weighted by molar-refractivity contribution is 0.851. The van der Waals surface area contributed by atoms with Crippen LogP contribution in [0.3, 0.4) is 0 Å². The smallest absolute Gasteiger partial charge is 0.209 e. The van der Waals surface area contributed by atoms with Gasteiger partial charge in [0.2, 0.25) is 7.59 Å². The summed E-state index contributed by atoms with van der Waals surface area (Å²) in [7, 11) is 0. The Hall–Kier alpha value is -0.590. The van der Waals surface area contributed by atoms with Gasteiger partial charge in [0.05, 0.1) is 0 Å². The summed E-state index contributed by atoms with van der Waals surface area (Å²) >= 11 is 37.4. The third kappa shape index (κ3) is 3.95. The van der Waals surface area contributed by atoms with E-state index in [4.69, 9.17) is 69.6 Å². The Morgan fingerprint density at radius 1 is 0.667 bits per heavy atom. The highest BCUT2D eigenvalue weighted by atomic mass is 35.6. The summed E-state index contributed by atoms with van der Waals surface area (Å²) in [5.41, 5.74) is 0.694. The first-order valence-electron chi connectivity index (χ1n) is 7.45. The summed E-state index contributed by atoms with van der Waals surface area (Å²) in [6.07, 6.45) is 0. The van der Waals surface area contributed by atoms with Crippen molar-refractivity contribution in [3.8, 4) is 11.4 Å². The molecule has 2 aromatic heterocycles. The quantitative estimate of drug-likeness (QED) is 0.255. The monoisotopic (exact) mass is 495 g/mol. The maximum absolute atomic E-state index is 5.95. The molecule has 0 aliphatic rings. The normalized spacial score (nSPS) is 12.8. The Balaban J connectivity index is 1.95. The number of rotatable bonds is 1. The summed E-state index contributed by atoms with van der Waals surface area (Å²) in [4.78, 5) is 12.5. The molecule has 0 saturated carbocycles. The first-order valence-corrected chi connectivity index (χ1v) is 10.5. The molecular weight excluding hydrogens is 491 g/mol. The van der Waals surface area contributed by atoms with Crippen LogP contribution in [0.2, 0.25) is 0 Å². The molecule has 0 amide bonds. The van der Waals surface area contributed by atoms with Crippen LogP contribution in [0.5, 0.6) is 0 Å². The third-order valence-electron chi connectivity index (χ3n) is 3.78. The molecule has 2 aromatic carbocycles. The molecule has 3 nitrogen and oxygen atoms in total. The van der Waals surface area contributed by atoms with E-state index in [1.165, 1.54) is 4.70 Å². The van der Waals surface area contributed by atoms with Crippen molar-refractivity contribution in [2.45, 2.75) is 7.59 Å². The van der Waals surface area contributed by atoms with E-state index < -0.39 is 7.59 Å². The number of halogens is 6. The topological polar surface area (TPSA) is 38.7 Å². The number of nitrogens with zero attached hydrogens (tertiary/aromatic N) is 3. The highest BCUT2D eigenvalue weighted by Crippen LogP contribution is 2.41. The van der Waals surface area contributed by atoms with Crippen molar-refractivity contribution in [1.82, 2.24) is 15.0 Å². The Bertz CT molecular complexity index is 1130. The molecule has 4 aromatic rings. The van der Waals surface area contributed by atoms with E-state index in [0.29, 0.717) is 5.56 Å². The number of benzene rings is 2. The lowest BCUT2D eigenvalue weighted by Crippen LogP contribution is -2.16. The summed E-state index contributed by atoms with van der Waals surface area (Å²) < 4.78 is -1.45. The standard InChI is InChI=1S/C17H7Cl6N3S/c18-16(19,20)14-24-13(25-15(26-14)17(21,22)23)8-5-6-12-10(7-8)9-3-1-2-4-11(9)27-12/h1-7H. The lowest BCUT2D eigenvalue weighted by atomic mass is 10.1. The van der Waals surface area contributed by atoms with Crippen LogP contribution in [-0.2, 0) is 7.59 Å². The average Bonchev–Trinajstić information content (AvgIpc) is 2.97. The molecule has 0 fully saturated rings. The molecule has 0 spiro atoms. The van der Waals surface area contributed by atoms with Crippen molar-refractivity contribution in [2.75, 3.05) is 0 Å². The fourth-order valence-electron chi connectivity index (χ4n) is 2.62. The number of hydrogen-bond donors (Lipinski definition) is 0. The van der Waals surface area contributed by atoms with Crippen LogP contribution in [0.4, 0.5) is 0 Å². The minimum Gasteiger partial charge on any atom is -0.209 e. The molecule has 0 radical (unpaired) electrons. The maximum atomic E-state index is 5.95. The molecular formula is C17H7Cl6N3S. The van der Waals surface area contributed by atoms with E-state index in [2.05, 4.69) is 27.1 Å². The third-order valence-corrected chi connectivity index (χ3v) is 5.94. The largest absolute Gasteiger partial charge is 0.250 e. The van der Waals surface area contributed by atoms with Crippen molar-refractivity contribution < 1.29 is 0 Å². The van der Waals surface area contributed by atoms with Crippen LogP contribution in [-0.4, -0.2) is 15.0 Å². The molecule has 0 saturated heterocycles. The van der Waals surface area contributed by atoms with Crippen molar-refractivity contribution in [3.63, 3.8) is 0 Å². The second-order valence-corrected chi connectivity index (χ2v) is 11.3. The van der Waals surface area contributed by atoms with Crippen LogP contribution in [0.15, 0.2) is 42.5 Å². The number of alkyl halides is 6. The Kier molecular flexibility index (Phi) is 5.13. The summed E-state index contributed by atoms with van der Waals surface area (Å²) in [6.45, 7) is 0. The van der Waals surface area contributed by atoms with E-state index in [0.717, 1.165) is 15.5 Å². The van der Waals surface area contributed by atoms with Crippen LogP contribution >= 0.6 is 80.9 Å². The zero-order valence-corrected chi connectivity index (χ0v) is 18.4. The highest BCUT2D eigenvalue weighted by Gasteiger charge is 2.34. The Morgan fingerprint density at radius 2 is 1.26 bits per heavy atom. The molecule has 0 atom stereocenters. The van der Waals surface area contributed by atoms with Gasteiger partial charge in [-0.2, -0.15) is 0 Å². The SMILES string of the molecule is ClC(Cl)(Cl)c1nc(-c2ccc3sc4ccccc4c3c2)nc(C(Cl)(Cl)Cl)n1. The van der Waals surface area contributed by atoms with E-state index in [-0.39, 0.29) is 17.5 Å². The van der Waals surface area contributed by atoms with Gasteiger partial charge in [0.15, 0.2) is 17.5 Å². The fourth-order valence-corrected chi connectivity index (χ4v) is 4.22. The maximum Gasteiger partial charge on any atom is 0.250 e. The van der Waals surface area contributed by atoms with Crippen molar-refractivity contribution in [2.24, 2.45) is 0 Å². The molecule has 0 bridgehead atoms. The highest BCUT2D eigenvalue weighted by molar-refractivity contribution is 7.25. The van der Waals surface area contributed by atoms with Gasteiger partial charge >= 0.3 is 0 Å². The number of hydrogen-bond acceptors (Lipinski definition) is 4. The van der Waals surface area contributed by atoms with Crippen LogP contribution in [0, 0.1) is 0 Å². The molecule has 138 valence electrons. The van der Waals surface area contributed by atoms with Gasteiger partial charge in [-0.05, 0) is 24.3 Å².